The molecule has 0 aliphatic carbocycles. The van der Waals surface area contributed by atoms with Crippen molar-refractivity contribution >= 4 is 5.69 Å². The number of nitrogens with zero attached hydrogens (tertiary/aromatic N) is 2. The Hall–Kier alpha value is -1.29. The van der Waals surface area contributed by atoms with Crippen LogP contribution in [0, 0.1) is 0 Å². The minimum atomic E-state index is 0.161. The number of β-amino-alcohol motifs (C(OH)–C–C–N with tert-alkyl or cyclic N) is 1. The molecule has 1 aliphatic heterocycles. The topological polar surface area (TPSA) is 45.6 Å². The zero-order valence-corrected chi connectivity index (χ0v) is 7.31. The van der Waals surface area contributed by atoms with Crippen LogP contribution in [0.15, 0.2) is 18.3 Å². The van der Waals surface area contributed by atoms with Crippen LogP contribution in [-0.2, 0) is 0 Å². The van der Waals surface area contributed by atoms with Crippen LogP contribution in [0.2, 0.25) is 0 Å². The first kappa shape index (κ1) is 8.31. The Morgan fingerprint density at radius 1 is 1.62 bits per heavy atom. The number of rotatable bonds is 2. The van der Waals surface area contributed by atoms with Gasteiger partial charge in [-0.2, -0.15) is 0 Å². The summed E-state index contributed by atoms with van der Waals surface area (Å²) in [4.78, 5) is 6.18. The van der Waals surface area contributed by atoms with Crippen molar-refractivity contribution in [3.05, 3.63) is 18.3 Å². The van der Waals surface area contributed by atoms with Crippen LogP contribution in [0.3, 0.4) is 0 Å². The number of pyridine rings is 1. The molecule has 1 aromatic heterocycles. The van der Waals surface area contributed by atoms with Gasteiger partial charge in [-0.25, -0.2) is 4.98 Å². The van der Waals surface area contributed by atoms with Crippen molar-refractivity contribution in [3.8, 4) is 5.88 Å². The van der Waals surface area contributed by atoms with Gasteiger partial charge in [0.25, 0.3) is 0 Å². The summed E-state index contributed by atoms with van der Waals surface area (Å²) in [5, 5.41) is 8.84. The zero-order valence-electron chi connectivity index (χ0n) is 7.31. The standard InChI is InChI=1S/C9H12N2O2/c12-6-4-11-5-7-13-9-8(11)2-1-3-10-9/h1-3,12H,4-7H2. The minimum Gasteiger partial charge on any atom is -0.474 e. The molecule has 0 saturated carbocycles. The van der Waals surface area contributed by atoms with E-state index in [9.17, 15) is 0 Å². The number of hydrogen-bond acceptors (Lipinski definition) is 4. The second kappa shape index (κ2) is 3.62. The van der Waals surface area contributed by atoms with E-state index in [1.165, 1.54) is 0 Å². The summed E-state index contributed by atoms with van der Waals surface area (Å²) < 4.78 is 5.37. The molecule has 0 aromatic carbocycles. The third kappa shape index (κ3) is 1.58. The molecular formula is C9H12N2O2. The lowest BCUT2D eigenvalue weighted by molar-refractivity contribution is 0.272. The Labute approximate surface area is 76.8 Å². The SMILES string of the molecule is OCCN1CCOc2ncccc21. The second-order valence-electron chi connectivity index (χ2n) is 2.89. The Balaban J connectivity index is 2.26. The van der Waals surface area contributed by atoms with Crippen molar-refractivity contribution in [2.75, 3.05) is 31.2 Å². The highest BCUT2D eigenvalue weighted by Crippen LogP contribution is 2.27. The molecule has 4 heteroatoms. The average Bonchev–Trinajstić information content (AvgIpc) is 2.19. The molecule has 70 valence electrons. The van der Waals surface area contributed by atoms with Gasteiger partial charge in [-0.1, -0.05) is 0 Å². The lowest BCUT2D eigenvalue weighted by Crippen LogP contribution is -2.35. The molecule has 2 heterocycles. The Morgan fingerprint density at radius 2 is 2.54 bits per heavy atom. The van der Waals surface area contributed by atoms with Gasteiger partial charge in [0.2, 0.25) is 5.88 Å². The van der Waals surface area contributed by atoms with Crippen LogP contribution in [0.25, 0.3) is 0 Å². The van der Waals surface area contributed by atoms with Crippen molar-refractivity contribution < 1.29 is 9.84 Å². The maximum absolute atomic E-state index is 8.84. The van der Waals surface area contributed by atoms with Crippen molar-refractivity contribution in [1.82, 2.24) is 4.98 Å². The maximum atomic E-state index is 8.84. The number of ether oxygens (including phenoxy) is 1. The molecule has 0 amide bonds. The highest BCUT2D eigenvalue weighted by molar-refractivity contribution is 5.55. The van der Waals surface area contributed by atoms with Crippen LogP contribution in [0.5, 0.6) is 5.88 Å². The fourth-order valence-electron chi connectivity index (χ4n) is 1.46. The van der Waals surface area contributed by atoms with E-state index >= 15 is 0 Å². The van der Waals surface area contributed by atoms with Crippen LogP contribution < -0.4 is 9.64 Å². The van der Waals surface area contributed by atoms with E-state index in [1.807, 2.05) is 12.1 Å². The summed E-state index contributed by atoms with van der Waals surface area (Å²) in [6.07, 6.45) is 1.71. The summed E-state index contributed by atoms with van der Waals surface area (Å²) in [5.74, 6) is 0.669. The third-order valence-electron chi connectivity index (χ3n) is 2.06. The molecule has 0 saturated heterocycles. The molecule has 2 rings (SSSR count). The van der Waals surface area contributed by atoms with Crippen molar-refractivity contribution in [2.45, 2.75) is 0 Å². The van der Waals surface area contributed by atoms with Crippen LogP contribution >= 0.6 is 0 Å². The van der Waals surface area contributed by atoms with Crippen LogP contribution in [0.1, 0.15) is 0 Å². The van der Waals surface area contributed by atoms with E-state index in [0.717, 1.165) is 12.2 Å². The van der Waals surface area contributed by atoms with Gasteiger partial charge in [0.05, 0.1) is 13.2 Å². The predicted molar refractivity (Wildman–Crippen MR) is 49.0 cm³/mol. The lowest BCUT2D eigenvalue weighted by Gasteiger charge is -2.29. The number of hydrogen-bond donors (Lipinski definition) is 1. The third-order valence-corrected chi connectivity index (χ3v) is 2.06. The van der Waals surface area contributed by atoms with E-state index < -0.39 is 0 Å². The van der Waals surface area contributed by atoms with Gasteiger partial charge >= 0.3 is 0 Å². The predicted octanol–water partition coefficient (Wildman–Crippen LogP) is 0.273. The van der Waals surface area contributed by atoms with E-state index in [0.29, 0.717) is 19.0 Å². The maximum Gasteiger partial charge on any atom is 0.237 e. The quantitative estimate of drug-likeness (QED) is 0.709. The first-order valence-electron chi connectivity index (χ1n) is 4.35. The van der Waals surface area contributed by atoms with Crippen molar-refractivity contribution in [1.29, 1.82) is 0 Å². The van der Waals surface area contributed by atoms with Gasteiger partial charge < -0.3 is 14.7 Å². The van der Waals surface area contributed by atoms with Crippen molar-refractivity contribution in [2.24, 2.45) is 0 Å². The highest BCUT2D eigenvalue weighted by atomic mass is 16.5. The molecule has 0 fully saturated rings. The Kier molecular flexibility index (Phi) is 2.31. The first-order chi connectivity index (χ1) is 6.42. The van der Waals surface area contributed by atoms with Gasteiger partial charge in [0.15, 0.2) is 0 Å². The van der Waals surface area contributed by atoms with Gasteiger partial charge in [-0.3, -0.25) is 0 Å². The molecule has 1 N–H and O–H groups in total. The second-order valence-corrected chi connectivity index (χ2v) is 2.89. The van der Waals surface area contributed by atoms with E-state index in [-0.39, 0.29) is 6.61 Å². The highest BCUT2D eigenvalue weighted by Gasteiger charge is 2.17. The van der Waals surface area contributed by atoms with Crippen LogP contribution in [0.4, 0.5) is 5.69 Å². The summed E-state index contributed by atoms with van der Waals surface area (Å²) in [6, 6.07) is 3.83. The normalized spacial score (nSPS) is 15.0. The number of aliphatic hydroxyl groups is 1. The van der Waals surface area contributed by atoms with E-state index in [2.05, 4.69) is 9.88 Å². The fraction of sp³-hybridized carbons (Fsp3) is 0.444. The van der Waals surface area contributed by atoms with Crippen LogP contribution in [-0.4, -0.2) is 36.4 Å². The minimum absolute atomic E-state index is 0.161. The lowest BCUT2D eigenvalue weighted by atomic mass is 10.3. The number of aromatic nitrogens is 1. The largest absolute Gasteiger partial charge is 0.474 e. The van der Waals surface area contributed by atoms with Crippen molar-refractivity contribution in [3.63, 3.8) is 0 Å². The molecule has 0 bridgehead atoms. The number of aliphatic hydroxyl groups excluding tert-OH is 1. The Bertz CT molecular complexity index is 291. The van der Waals surface area contributed by atoms with E-state index in [4.69, 9.17) is 9.84 Å². The monoisotopic (exact) mass is 180 g/mol. The molecule has 4 nitrogen and oxygen atoms in total. The molecule has 1 aromatic rings. The van der Waals surface area contributed by atoms with Gasteiger partial charge in [0.1, 0.15) is 12.3 Å². The number of anilines is 1. The summed E-state index contributed by atoms with van der Waals surface area (Å²) in [5.41, 5.74) is 0.975. The van der Waals surface area contributed by atoms with Gasteiger partial charge in [-0.15, -0.1) is 0 Å². The first-order valence-corrected chi connectivity index (χ1v) is 4.35. The molecule has 0 spiro atoms. The molecule has 0 atom stereocenters. The molecular weight excluding hydrogens is 168 g/mol. The summed E-state index contributed by atoms with van der Waals surface area (Å²) >= 11 is 0. The Morgan fingerprint density at radius 3 is 3.38 bits per heavy atom. The molecule has 0 unspecified atom stereocenters. The summed E-state index contributed by atoms with van der Waals surface area (Å²) in [6.45, 7) is 2.26. The molecule has 0 radical (unpaired) electrons. The number of fused-ring (bicyclic) bond motifs is 1. The molecule has 1 aliphatic rings. The smallest absolute Gasteiger partial charge is 0.237 e. The van der Waals surface area contributed by atoms with Gasteiger partial charge in [-0.05, 0) is 12.1 Å². The summed E-state index contributed by atoms with van der Waals surface area (Å²) in [7, 11) is 0. The van der Waals surface area contributed by atoms with Gasteiger partial charge in [0, 0.05) is 12.7 Å². The average molecular weight is 180 g/mol. The van der Waals surface area contributed by atoms with E-state index in [1.54, 1.807) is 6.20 Å². The zero-order chi connectivity index (χ0) is 9.10. The molecule has 13 heavy (non-hydrogen) atoms. The fourth-order valence-corrected chi connectivity index (χ4v) is 1.46.